The van der Waals surface area contributed by atoms with Crippen molar-refractivity contribution >= 4 is 23.7 Å². The minimum Gasteiger partial charge on any atom is -0.493 e. The summed E-state index contributed by atoms with van der Waals surface area (Å²) in [5.74, 6) is 0.0375. The summed E-state index contributed by atoms with van der Waals surface area (Å²) in [6, 6.07) is 6.45. The highest BCUT2D eigenvalue weighted by atomic mass is 16.7. The van der Waals surface area contributed by atoms with Crippen LogP contribution in [-0.4, -0.2) is 91.1 Å². The second-order valence-corrected chi connectivity index (χ2v) is 7.76. The molecule has 170 valence electrons. The van der Waals surface area contributed by atoms with Gasteiger partial charge in [0.2, 0.25) is 0 Å². The average Bonchev–Trinajstić information content (AvgIpc) is 3.03. The molecule has 0 atom stereocenters. The van der Waals surface area contributed by atoms with Crippen molar-refractivity contribution in [2.24, 2.45) is 0 Å². The Morgan fingerprint density at radius 3 is 2.19 bits per heavy atom. The predicted molar refractivity (Wildman–Crippen MR) is 116 cm³/mol. The van der Waals surface area contributed by atoms with Gasteiger partial charge in [-0.2, -0.15) is 0 Å². The second-order valence-electron chi connectivity index (χ2n) is 7.76. The minimum absolute atomic E-state index is 0.0664. The van der Waals surface area contributed by atoms with Crippen LogP contribution in [-0.2, 0) is 14.4 Å². The first-order valence-corrected chi connectivity index (χ1v) is 10.5. The summed E-state index contributed by atoms with van der Waals surface area (Å²) in [4.78, 5) is 44.6. The molecule has 9 nitrogen and oxygen atoms in total. The number of nitrogens with zero attached hydrogens (tertiary/aromatic N) is 4. The fourth-order valence-electron chi connectivity index (χ4n) is 3.47. The molecule has 1 saturated heterocycles. The molecule has 0 radical (unpaired) electrons. The third-order valence-corrected chi connectivity index (χ3v) is 4.69. The summed E-state index contributed by atoms with van der Waals surface area (Å²) in [7, 11) is 8.15. The summed E-state index contributed by atoms with van der Waals surface area (Å²) in [6.07, 6.45) is 2.03. The number of hydroxylamine groups is 2. The van der Waals surface area contributed by atoms with Gasteiger partial charge in [-0.05, 0) is 30.7 Å². The summed E-state index contributed by atoms with van der Waals surface area (Å²) in [6.45, 7) is 4.52. The lowest BCUT2D eigenvalue weighted by atomic mass is 10.2. The molecule has 1 aromatic carbocycles. The van der Waals surface area contributed by atoms with Crippen molar-refractivity contribution in [2.45, 2.75) is 32.6 Å². The number of carbonyl (C=O) groups excluding carboxylic acids is 3. The van der Waals surface area contributed by atoms with Gasteiger partial charge < -0.3 is 9.57 Å². The van der Waals surface area contributed by atoms with E-state index in [4.69, 9.17) is 9.57 Å². The Hall–Kier alpha value is -3.10. The molecule has 1 fully saturated rings. The minimum atomic E-state index is -0.749. The highest BCUT2D eigenvalue weighted by Crippen LogP contribution is 2.17. The van der Waals surface area contributed by atoms with E-state index >= 15 is 0 Å². The monoisotopic (exact) mass is 433 g/mol. The lowest BCUT2D eigenvalue weighted by Crippen LogP contribution is -2.46. The number of imide groups is 1. The Labute approximate surface area is 183 Å². The summed E-state index contributed by atoms with van der Waals surface area (Å²) < 4.78 is 7.91. The van der Waals surface area contributed by atoms with Gasteiger partial charge in [0.05, 0.1) is 53.5 Å². The Morgan fingerprint density at radius 2 is 1.68 bits per heavy atom. The smallest absolute Gasteiger partial charge is 0.363 e. The third kappa shape index (κ3) is 6.70. The predicted octanol–water partition coefficient (Wildman–Crippen LogP) is 1.58. The first-order valence-electron chi connectivity index (χ1n) is 10.5. The van der Waals surface area contributed by atoms with E-state index in [-0.39, 0.29) is 18.4 Å². The van der Waals surface area contributed by atoms with E-state index in [1.54, 1.807) is 24.3 Å². The van der Waals surface area contributed by atoms with Crippen molar-refractivity contribution in [3.63, 3.8) is 0 Å². The van der Waals surface area contributed by atoms with Crippen molar-refractivity contribution in [3.8, 4) is 5.75 Å². The molecule has 1 aliphatic heterocycles. The Morgan fingerprint density at radius 1 is 1.06 bits per heavy atom. The van der Waals surface area contributed by atoms with Crippen LogP contribution in [0.4, 0.5) is 0 Å². The van der Waals surface area contributed by atoms with Crippen molar-refractivity contribution in [3.05, 3.63) is 29.8 Å². The number of rotatable bonds is 9. The van der Waals surface area contributed by atoms with Crippen LogP contribution in [0.25, 0.3) is 0 Å². The standard InChI is InChI=1S/C22H33N4O5/c1-6-14-25(22(23(2)3)24(4)5)15-7-16-30-18-10-8-17(9-11-18)21(29)31-26-19(27)12-13-20(26)28/h8-11H,6-7,12-16H2,1-5H3/q+1. The largest absolute Gasteiger partial charge is 0.493 e. The van der Waals surface area contributed by atoms with Crippen LogP contribution in [0.1, 0.15) is 43.0 Å². The number of ether oxygens (including phenoxy) is 1. The molecule has 2 amide bonds. The first kappa shape index (κ1) is 24.2. The number of hydrogen-bond acceptors (Lipinski definition) is 5. The van der Waals surface area contributed by atoms with Crippen molar-refractivity contribution in [1.29, 1.82) is 0 Å². The van der Waals surface area contributed by atoms with Crippen LogP contribution >= 0.6 is 0 Å². The highest BCUT2D eigenvalue weighted by Gasteiger charge is 2.33. The Bertz CT molecular complexity index is 800. The van der Waals surface area contributed by atoms with Gasteiger partial charge in [-0.3, -0.25) is 24.0 Å². The SMILES string of the molecule is CCCN(CCCOc1ccc(C(=O)ON2C(=O)CCC2=O)cc1)C(N(C)C)=[N+](C)C. The first-order chi connectivity index (χ1) is 14.7. The fourth-order valence-corrected chi connectivity index (χ4v) is 3.47. The van der Waals surface area contributed by atoms with Gasteiger partial charge >= 0.3 is 11.9 Å². The molecule has 0 aliphatic carbocycles. The molecule has 0 N–H and O–H groups in total. The molecular weight excluding hydrogens is 400 g/mol. The maximum atomic E-state index is 12.1. The van der Waals surface area contributed by atoms with Crippen LogP contribution in [0.3, 0.4) is 0 Å². The number of amides is 2. The van der Waals surface area contributed by atoms with Gasteiger partial charge in [-0.1, -0.05) is 6.92 Å². The number of benzene rings is 1. The van der Waals surface area contributed by atoms with E-state index in [2.05, 4.69) is 21.3 Å². The van der Waals surface area contributed by atoms with Gasteiger partial charge in [0.25, 0.3) is 11.8 Å². The molecule has 1 aliphatic rings. The summed E-state index contributed by atoms with van der Waals surface area (Å²) in [5.41, 5.74) is 0.241. The van der Waals surface area contributed by atoms with E-state index in [9.17, 15) is 14.4 Å². The highest BCUT2D eigenvalue weighted by molar-refractivity contribution is 6.02. The average molecular weight is 434 g/mol. The molecule has 0 spiro atoms. The van der Waals surface area contributed by atoms with Gasteiger partial charge in [-0.25, -0.2) is 4.79 Å². The number of carbonyl (C=O) groups is 3. The van der Waals surface area contributed by atoms with Crippen molar-refractivity contribution < 1.29 is 28.5 Å². The molecule has 2 rings (SSSR count). The summed E-state index contributed by atoms with van der Waals surface area (Å²) >= 11 is 0. The van der Waals surface area contributed by atoms with Gasteiger partial charge in [0.1, 0.15) is 5.75 Å². The second kappa shape index (κ2) is 11.3. The van der Waals surface area contributed by atoms with Crippen LogP contribution in [0.2, 0.25) is 0 Å². The number of guanidine groups is 1. The zero-order valence-electron chi connectivity index (χ0n) is 19.1. The van der Waals surface area contributed by atoms with Crippen LogP contribution < -0.4 is 4.74 Å². The lowest BCUT2D eigenvalue weighted by molar-refractivity contribution is -0.476. The third-order valence-electron chi connectivity index (χ3n) is 4.69. The zero-order chi connectivity index (χ0) is 23.0. The van der Waals surface area contributed by atoms with E-state index in [1.165, 1.54) is 0 Å². The van der Waals surface area contributed by atoms with Gasteiger partial charge in [0, 0.05) is 19.3 Å². The van der Waals surface area contributed by atoms with Crippen LogP contribution in [0, 0.1) is 0 Å². The fraction of sp³-hybridized carbons (Fsp3) is 0.545. The summed E-state index contributed by atoms with van der Waals surface area (Å²) in [5, 5.41) is 0.543. The molecular formula is C22H33N4O5+. The quantitative estimate of drug-likeness (QED) is 0.192. The molecule has 0 saturated carbocycles. The lowest BCUT2D eigenvalue weighted by Gasteiger charge is -2.24. The van der Waals surface area contributed by atoms with Gasteiger partial charge in [-0.15, -0.1) is 5.06 Å². The molecule has 0 aromatic heterocycles. The Balaban J connectivity index is 1.85. The molecule has 0 unspecified atom stereocenters. The maximum absolute atomic E-state index is 12.1. The maximum Gasteiger partial charge on any atom is 0.363 e. The van der Waals surface area contributed by atoms with E-state index < -0.39 is 17.8 Å². The molecule has 0 bridgehead atoms. The van der Waals surface area contributed by atoms with Crippen molar-refractivity contribution in [1.82, 2.24) is 14.9 Å². The van der Waals surface area contributed by atoms with Crippen molar-refractivity contribution in [2.75, 3.05) is 47.9 Å². The van der Waals surface area contributed by atoms with E-state index in [0.717, 1.165) is 31.9 Å². The normalized spacial score (nSPS) is 13.3. The Kier molecular flexibility index (Phi) is 8.84. The van der Waals surface area contributed by atoms with Gasteiger partial charge in [0.15, 0.2) is 0 Å². The number of hydrogen-bond donors (Lipinski definition) is 0. The van der Waals surface area contributed by atoms with Crippen LogP contribution in [0.5, 0.6) is 5.75 Å². The van der Waals surface area contributed by atoms with Crippen LogP contribution in [0.15, 0.2) is 24.3 Å². The topological polar surface area (TPSA) is 82.4 Å². The molecule has 31 heavy (non-hydrogen) atoms. The zero-order valence-corrected chi connectivity index (χ0v) is 19.1. The van der Waals surface area contributed by atoms with E-state index in [0.29, 0.717) is 17.4 Å². The molecule has 9 heteroatoms. The molecule has 1 heterocycles. The molecule has 1 aromatic rings. The van der Waals surface area contributed by atoms with E-state index in [1.807, 2.05) is 28.2 Å².